The molecule has 0 bridgehead atoms. The van der Waals surface area contributed by atoms with Crippen LogP contribution in [0.5, 0.6) is 0 Å². The second kappa shape index (κ2) is 11.3. The number of hydrogen-bond acceptors (Lipinski definition) is 5. The Kier molecular flexibility index (Phi) is 8.03. The molecule has 0 saturated carbocycles. The number of Topliss-reactive ketones (excluding diaryl/α,β-unsaturated/α-hetero) is 1. The van der Waals surface area contributed by atoms with E-state index in [2.05, 4.69) is 25.1 Å². The number of nitrogens with zero attached hydrogens (tertiary/aromatic N) is 2. The Labute approximate surface area is 248 Å². The average molecular weight is 595 g/mol. The number of rotatable bonds is 5. The monoisotopic (exact) mass is 593 g/mol. The van der Waals surface area contributed by atoms with Gasteiger partial charge in [-0.3, -0.25) is 9.69 Å². The Balaban J connectivity index is 1.62. The van der Waals surface area contributed by atoms with Gasteiger partial charge in [-0.1, -0.05) is 46.9 Å². The van der Waals surface area contributed by atoms with Gasteiger partial charge in [0, 0.05) is 44.1 Å². The molecule has 1 unspecified atom stereocenters. The van der Waals surface area contributed by atoms with E-state index in [0.29, 0.717) is 50.6 Å². The molecule has 4 nitrogen and oxygen atoms in total. The standard InChI is InChI=1S/C31H26Cl3N3OS/c1-17-12-18(2)23(13-19(17)16-39-28-14-21(33)8-11-25(28)34)29-24(15-35)31(36)37(22-9-6-20(32)7-10-22)26-4-3-5-27(38)30(26)29/h6-14,29H,3-5,16,36H2,1-2H3. The highest BCUT2D eigenvalue weighted by Crippen LogP contribution is 2.47. The van der Waals surface area contributed by atoms with Crippen LogP contribution in [0.25, 0.3) is 0 Å². The smallest absolute Gasteiger partial charge is 0.161 e. The summed E-state index contributed by atoms with van der Waals surface area (Å²) >= 11 is 20.3. The van der Waals surface area contributed by atoms with E-state index >= 15 is 0 Å². The molecule has 0 saturated heterocycles. The van der Waals surface area contributed by atoms with Crippen molar-refractivity contribution in [2.45, 2.75) is 49.7 Å². The van der Waals surface area contributed by atoms with Gasteiger partial charge in [-0.05, 0) is 91.4 Å². The summed E-state index contributed by atoms with van der Waals surface area (Å²) in [5.74, 6) is 0.534. The Morgan fingerprint density at radius 1 is 1.00 bits per heavy atom. The lowest BCUT2D eigenvalue weighted by molar-refractivity contribution is -0.116. The van der Waals surface area contributed by atoms with Gasteiger partial charge in [-0.25, -0.2) is 0 Å². The van der Waals surface area contributed by atoms with Crippen molar-refractivity contribution in [3.05, 3.63) is 115 Å². The van der Waals surface area contributed by atoms with Crippen LogP contribution >= 0.6 is 46.6 Å². The van der Waals surface area contributed by atoms with Crippen molar-refractivity contribution in [3.8, 4) is 6.07 Å². The van der Waals surface area contributed by atoms with Crippen molar-refractivity contribution in [2.24, 2.45) is 5.73 Å². The molecule has 3 aromatic carbocycles. The van der Waals surface area contributed by atoms with E-state index in [9.17, 15) is 10.1 Å². The van der Waals surface area contributed by atoms with Crippen LogP contribution < -0.4 is 10.6 Å². The highest BCUT2D eigenvalue weighted by atomic mass is 35.5. The number of nitrogens with two attached hydrogens (primary N) is 1. The summed E-state index contributed by atoms with van der Waals surface area (Å²) in [6, 6.07) is 19.3. The number of anilines is 1. The molecule has 1 atom stereocenters. The predicted molar refractivity (Wildman–Crippen MR) is 161 cm³/mol. The van der Waals surface area contributed by atoms with E-state index in [1.54, 1.807) is 36.0 Å². The molecule has 0 fully saturated rings. The number of nitriles is 1. The Bertz CT molecular complexity index is 1590. The van der Waals surface area contributed by atoms with Crippen molar-refractivity contribution in [1.82, 2.24) is 0 Å². The molecule has 1 aliphatic carbocycles. The lowest BCUT2D eigenvalue weighted by atomic mass is 9.74. The molecule has 39 heavy (non-hydrogen) atoms. The zero-order valence-electron chi connectivity index (χ0n) is 21.5. The predicted octanol–water partition coefficient (Wildman–Crippen LogP) is 8.86. The molecule has 0 amide bonds. The van der Waals surface area contributed by atoms with Crippen LogP contribution in [0, 0.1) is 25.2 Å². The van der Waals surface area contributed by atoms with Crippen LogP contribution in [0.1, 0.15) is 47.4 Å². The number of ketones is 1. The number of carbonyl (C=O) groups is 1. The highest BCUT2D eigenvalue weighted by Gasteiger charge is 2.41. The van der Waals surface area contributed by atoms with Gasteiger partial charge in [0.2, 0.25) is 0 Å². The summed E-state index contributed by atoms with van der Waals surface area (Å²) in [6.07, 6.45) is 1.88. The van der Waals surface area contributed by atoms with Crippen LogP contribution in [0.4, 0.5) is 5.69 Å². The first kappa shape index (κ1) is 27.7. The van der Waals surface area contributed by atoms with E-state index < -0.39 is 5.92 Å². The quantitative estimate of drug-likeness (QED) is 0.299. The van der Waals surface area contributed by atoms with E-state index in [-0.39, 0.29) is 5.78 Å². The maximum Gasteiger partial charge on any atom is 0.161 e. The number of carbonyl (C=O) groups excluding carboxylic acids is 1. The number of aryl methyl sites for hydroxylation is 2. The Morgan fingerprint density at radius 2 is 1.72 bits per heavy atom. The van der Waals surface area contributed by atoms with E-state index in [4.69, 9.17) is 40.5 Å². The van der Waals surface area contributed by atoms with Gasteiger partial charge in [0.05, 0.1) is 22.6 Å². The third kappa shape index (κ3) is 5.32. The summed E-state index contributed by atoms with van der Waals surface area (Å²) in [5.41, 5.74) is 13.6. The fourth-order valence-electron chi connectivity index (χ4n) is 5.41. The average Bonchev–Trinajstić information content (AvgIpc) is 2.90. The van der Waals surface area contributed by atoms with Crippen LogP contribution in [0.15, 0.2) is 82.2 Å². The van der Waals surface area contributed by atoms with Crippen LogP contribution in [-0.4, -0.2) is 5.78 Å². The second-order valence-electron chi connectivity index (χ2n) is 9.79. The third-order valence-corrected chi connectivity index (χ3v) is 9.34. The highest BCUT2D eigenvalue weighted by molar-refractivity contribution is 7.98. The molecule has 2 N–H and O–H groups in total. The van der Waals surface area contributed by atoms with E-state index in [0.717, 1.165) is 45.0 Å². The van der Waals surface area contributed by atoms with Gasteiger partial charge in [0.15, 0.2) is 5.78 Å². The van der Waals surface area contributed by atoms with Gasteiger partial charge in [0.1, 0.15) is 5.82 Å². The normalized spacial score (nSPS) is 17.4. The first-order valence-electron chi connectivity index (χ1n) is 12.6. The maximum atomic E-state index is 13.5. The molecule has 8 heteroatoms. The minimum absolute atomic E-state index is 0.0575. The van der Waals surface area contributed by atoms with Gasteiger partial charge >= 0.3 is 0 Å². The van der Waals surface area contributed by atoms with Crippen LogP contribution in [-0.2, 0) is 10.5 Å². The van der Waals surface area contributed by atoms with Crippen molar-refractivity contribution in [2.75, 3.05) is 4.90 Å². The van der Waals surface area contributed by atoms with Crippen LogP contribution in [0.2, 0.25) is 15.1 Å². The van der Waals surface area contributed by atoms with Crippen molar-refractivity contribution >= 4 is 58.0 Å². The molecule has 1 heterocycles. The lowest BCUT2D eigenvalue weighted by Gasteiger charge is -2.40. The summed E-state index contributed by atoms with van der Waals surface area (Å²) in [6.45, 7) is 4.10. The van der Waals surface area contributed by atoms with Crippen molar-refractivity contribution < 1.29 is 4.79 Å². The minimum atomic E-state index is -0.527. The molecule has 0 aromatic heterocycles. The molecule has 2 aliphatic rings. The molecule has 0 radical (unpaired) electrons. The van der Waals surface area contributed by atoms with Crippen LogP contribution in [0.3, 0.4) is 0 Å². The van der Waals surface area contributed by atoms with Crippen molar-refractivity contribution in [1.29, 1.82) is 5.26 Å². The minimum Gasteiger partial charge on any atom is -0.384 e. The van der Waals surface area contributed by atoms with Gasteiger partial charge in [-0.2, -0.15) is 5.26 Å². The molecule has 5 rings (SSSR count). The van der Waals surface area contributed by atoms with Gasteiger partial charge in [-0.15, -0.1) is 11.8 Å². The number of benzene rings is 3. The first-order chi connectivity index (χ1) is 18.7. The number of allylic oxidation sites excluding steroid dienone is 3. The van der Waals surface area contributed by atoms with Gasteiger partial charge < -0.3 is 5.73 Å². The number of halogens is 3. The number of hydrogen-bond donors (Lipinski definition) is 1. The second-order valence-corrected chi connectivity index (χ2v) is 12.1. The molecular formula is C31H26Cl3N3OS. The zero-order valence-corrected chi connectivity index (χ0v) is 24.6. The fraction of sp³-hybridized carbons (Fsp3) is 0.226. The SMILES string of the molecule is Cc1cc(C)c(C2C(C#N)=C(N)N(c3ccc(Cl)cc3)C3=C2C(=O)CCC3)cc1CSc1cc(Cl)ccc1Cl. The fourth-order valence-corrected chi connectivity index (χ4v) is 7.09. The molecule has 198 valence electrons. The van der Waals surface area contributed by atoms with E-state index in [1.807, 2.05) is 30.0 Å². The maximum absolute atomic E-state index is 13.5. The topological polar surface area (TPSA) is 70.1 Å². The molecule has 3 aromatic rings. The summed E-state index contributed by atoms with van der Waals surface area (Å²) < 4.78 is 0. The third-order valence-electron chi connectivity index (χ3n) is 7.31. The lowest BCUT2D eigenvalue weighted by Crippen LogP contribution is -2.38. The molecule has 1 aliphatic heterocycles. The van der Waals surface area contributed by atoms with Gasteiger partial charge in [0.25, 0.3) is 0 Å². The summed E-state index contributed by atoms with van der Waals surface area (Å²) in [7, 11) is 0. The number of thioether (sulfide) groups is 1. The molecule has 0 spiro atoms. The molecular weight excluding hydrogens is 569 g/mol. The summed E-state index contributed by atoms with van der Waals surface area (Å²) in [4.78, 5) is 16.3. The largest absolute Gasteiger partial charge is 0.384 e. The summed E-state index contributed by atoms with van der Waals surface area (Å²) in [5, 5.41) is 12.3. The van der Waals surface area contributed by atoms with E-state index in [1.165, 1.54) is 0 Å². The zero-order chi connectivity index (χ0) is 27.8. The Morgan fingerprint density at radius 3 is 2.44 bits per heavy atom. The van der Waals surface area contributed by atoms with Crippen molar-refractivity contribution in [3.63, 3.8) is 0 Å². The first-order valence-corrected chi connectivity index (χ1v) is 14.7. The Hall–Kier alpha value is -2.88.